The predicted octanol–water partition coefficient (Wildman–Crippen LogP) is 8.45. The van der Waals surface area contributed by atoms with Crippen LogP contribution in [-0.4, -0.2) is 24.1 Å². The van der Waals surface area contributed by atoms with E-state index in [4.69, 9.17) is 0 Å². The van der Waals surface area contributed by atoms with Gasteiger partial charge in [0.1, 0.15) is 11.6 Å². The van der Waals surface area contributed by atoms with E-state index in [9.17, 15) is 0 Å². The molecule has 1 aromatic carbocycles. The first-order valence-corrected chi connectivity index (χ1v) is 13.2. The summed E-state index contributed by atoms with van der Waals surface area (Å²) in [6.45, 7) is 11.3. The fraction of sp³-hybridized carbons (Fsp3) is 0.724. The molecule has 2 aromatic rings. The Morgan fingerprint density at radius 2 is 1.28 bits per heavy atom. The monoisotopic (exact) mass is 439 g/mol. The molecule has 32 heavy (non-hydrogen) atoms. The fourth-order valence-corrected chi connectivity index (χ4v) is 4.97. The first-order valence-electron chi connectivity index (χ1n) is 13.2. The van der Waals surface area contributed by atoms with Crippen molar-refractivity contribution in [1.82, 2.24) is 9.97 Å². The lowest BCUT2D eigenvalue weighted by Gasteiger charge is -2.25. The van der Waals surface area contributed by atoms with Crippen LogP contribution in [0.15, 0.2) is 24.3 Å². The Bertz CT molecular complexity index is 759. The molecule has 0 amide bonds. The molecule has 180 valence electrons. The molecule has 0 aliphatic heterocycles. The third kappa shape index (κ3) is 9.08. The fourth-order valence-electron chi connectivity index (χ4n) is 4.97. The number of hydrogen-bond acceptors (Lipinski definition) is 3. The summed E-state index contributed by atoms with van der Waals surface area (Å²) >= 11 is 0. The largest absolute Gasteiger partial charge is 0.362 e. The van der Waals surface area contributed by atoms with Gasteiger partial charge in [0, 0.05) is 19.5 Å². The van der Waals surface area contributed by atoms with Gasteiger partial charge in [-0.3, -0.25) is 0 Å². The number of para-hydroxylation sites is 1. The van der Waals surface area contributed by atoms with Crippen molar-refractivity contribution in [3.05, 3.63) is 30.1 Å². The van der Waals surface area contributed by atoms with Crippen molar-refractivity contribution in [3.63, 3.8) is 0 Å². The van der Waals surface area contributed by atoms with Gasteiger partial charge in [0.15, 0.2) is 0 Å². The summed E-state index contributed by atoms with van der Waals surface area (Å²) in [5, 5.41) is 1.10. The summed E-state index contributed by atoms with van der Waals surface area (Å²) in [6.07, 6.45) is 14.8. The molecule has 1 aromatic heterocycles. The zero-order valence-electron chi connectivity index (χ0n) is 22.0. The Labute approximate surface area is 198 Å². The molecule has 0 radical (unpaired) electrons. The Balaban J connectivity index is 0.000000178. The minimum atomic E-state index is 0.812. The smallest absolute Gasteiger partial charge is 0.139 e. The molecule has 0 bridgehead atoms. The van der Waals surface area contributed by atoms with Crippen LogP contribution in [0, 0.1) is 30.6 Å². The summed E-state index contributed by atoms with van der Waals surface area (Å²) < 4.78 is 0. The van der Waals surface area contributed by atoms with Crippen molar-refractivity contribution in [2.45, 2.75) is 98.8 Å². The molecule has 4 rings (SSSR count). The third-order valence-corrected chi connectivity index (χ3v) is 7.26. The van der Waals surface area contributed by atoms with Crippen LogP contribution in [0.4, 0.5) is 5.82 Å². The second-order valence-corrected chi connectivity index (χ2v) is 10.8. The quantitative estimate of drug-likeness (QED) is 0.480. The second-order valence-electron chi connectivity index (χ2n) is 10.8. The van der Waals surface area contributed by atoms with Crippen LogP contribution in [0.5, 0.6) is 0 Å². The molecule has 0 atom stereocenters. The van der Waals surface area contributed by atoms with E-state index in [0.717, 1.165) is 46.2 Å². The van der Waals surface area contributed by atoms with Gasteiger partial charge in [-0.1, -0.05) is 104 Å². The molecular formula is C29H49N3. The maximum absolute atomic E-state index is 4.42. The van der Waals surface area contributed by atoms with E-state index in [2.05, 4.69) is 37.7 Å². The SMILES string of the molecule is CC1CCC(C)CC1.CCCC1CCC(C)CC1.Cc1nc(N(C)C)c2ccccc2n1. The number of benzene rings is 1. The molecule has 3 nitrogen and oxygen atoms in total. The van der Waals surface area contributed by atoms with Gasteiger partial charge in [0.05, 0.1) is 5.52 Å². The number of aryl methyl sites for hydroxylation is 1. The van der Waals surface area contributed by atoms with E-state index in [1.807, 2.05) is 50.2 Å². The standard InChI is InChI=1S/C11H13N3.C10H20.C8H16/c1-8-12-10-7-5-4-6-9(10)11(13-8)14(2)3;1-3-4-10-7-5-9(2)6-8-10;1-7-3-5-8(2)6-4-7/h4-7H,1-3H3;9-10H,3-8H2,1-2H3;7-8H,3-6H2,1-2H3. The summed E-state index contributed by atoms with van der Waals surface area (Å²) in [4.78, 5) is 10.8. The molecule has 0 N–H and O–H groups in total. The van der Waals surface area contributed by atoms with E-state index >= 15 is 0 Å². The maximum Gasteiger partial charge on any atom is 0.139 e. The second kappa shape index (κ2) is 13.8. The van der Waals surface area contributed by atoms with Crippen LogP contribution < -0.4 is 4.90 Å². The first-order chi connectivity index (χ1) is 15.3. The van der Waals surface area contributed by atoms with Crippen molar-refractivity contribution in [3.8, 4) is 0 Å². The highest BCUT2D eigenvalue weighted by molar-refractivity contribution is 5.89. The number of nitrogens with zero attached hydrogens (tertiary/aromatic N) is 3. The molecule has 2 fully saturated rings. The predicted molar refractivity (Wildman–Crippen MR) is 141 cm³/mol. The molecule has 2 saturated carbocycles. The van der Waals surface area contributed by atoms with Crippen molar-refractivity contribution in [2.24, 2.45) is 23.7 Å². The highest BCUT2D eigenvalue weighted by Gasteiger charge is 2.16. The number of anilines is 1. The lowest BCUT2D eigenvalue weighted by molar-refractivity contribution is 0.276. The van der Waals surface area contributed by atoms with Crippen LogP contribution in [-0.2, 0) is 0 Å². The van der Waals surface area contributed by atoms with Gasteiger partial charge < -0.3 is 4.90 Å². The van der Waals surface area contributed by atoms with Crippen LogP contribution in [0.1, 0.15) is 97.7 Å². The molecule has 3 heteroatoms. The number of hydrogen-bond donors (Lipinski definition) is 0. The Kier molecular flexibility index (Phi) is 11.5. The minimum Gasteiger partial charge on any atom is -0.362 e. The first kappa shape index (κ1) is 26.6. The van der Waals surface area contributed by atoms with Crippen molar-refractivity contribution >= 4 is 16.7 Å². The Morgan fingerprint density at radius 3 is 1.78 bits per heavy atom. The van der Waals surface area contributed by atoms with Gasteiger partial charge in [0.25, 0.3) is 0 Å². The van der Waals surface area contributed by atoms with Crippen LogP contribution >= 0.6 is 0 Å². The maximum atomic E-state index is 4.42. The van der Waals surface area contributed by atoms with Gasteiger partial charge in [-0.2, -0.15) is 0 Å². The Morgan fingerprint density at radius 1 is 0.781 bits per heavy atom. The molecule has 0 saturated heterocycles. The lowest BCUT2D eigenvalue weighted by atomic mass is 9.81. The number of fused-ring (bicyclic) bond motifs is 1. The van der Waals surface area contributed by atoms with E-state index in [1.165, 1.54) is 64.2 Å². The van der Waals surface area contributed by atoms with E-state index in [0.29, 0.717) is 0 Å². The van der Waals surface area contributed by atoms with Crippen molar-refractivity contribution in [2.75, 3.05) is 19.0 Å². The van der Waals surface area contributed by atoms with Crippen LogP contribution in [0.2, 0.25) is 0 Å². The molecule has 2 aliphatic carbocycles. The molecular weight excluding hydrogens is 390 g/mol. The van der Waals surface area contributed by atoms with Gasteiger partial charge >= 0.3 is 0 Å². The third-order valence-electron chi connectivity index (χ3n) is 7.26. The van der Waals surface area contributed by atoms with Crippen molar-refractivity contribution in [1.29, 1.82) is 0 Å². The average molecular weight is 440 g/mol. The van der Waals surface area contributed by atoms with Crippen LogP contribution in [0.3, 0.4) is 0 Å². The molecule has 1 heterocycles. The normalized spacial score (nSPS) is 25.2. The lowest BCUT2D eigenvalue weighted by Crippen LogP contribution is -2.12. The number of aromatic nitrogens is 2. The minimum absolute atomic E-state index is 0.812. The van der Waals surface area contributed by atoms with E-state index in [-0.39, 0.29) is 0 Å². The number of rotatable bonds is 3. The van der Waals surface area contributed by atoms with Gasteiger partial charge in [-0.15, -0.1) is 0 Å². The van der Waals surface area contributed by atoms with Crippen molar-refractivity contribution < 1.29 is 0 Å². The summed E-state index contributed by atoms with van der Waals surface area (Å²) in [7, 11) is 3.99. The summed E-state index contributed by atoms with van der Waals surface area (Å²) in [5.41, 5.74) is 1.00. The zero-order chi connectivity index (χ0) is 23.5. The summed E-state index contributed by atoms with van der Waals surface area (Å²) in [6, 6.07) is 8.06. The molecule has 0 unspecified atom stereocenters. The highest BCUT2D eigenvalue weighted by Crippen LogP contribution is 2.30. The van der Waals surface area contributed by atoms with Gasteiger partial charge in [-0.25, -0.2) is 9.97 Å². The topological polar surface area (TPSA) is 29.0 Å². The highest BCUT2D eigenvalue weighted by atomic mass is 15.1. The van der Waals surface area contributed by atoms with Gasteiger partial charge in [-0.05, 0) is 42.7 Å². The zero-order valence-corrected chi connectivity index (χ0v) is 22.0. The van der Waals surface area contributed by atoms with Gasteiger partial charge in [0.2, 0.25) is 0 Å². The Hall–Kier alpha value is -1.64. The molecule has 2 aliphatic rings. The molecule has 0 spiro atoms. The van der Waals surface area contributed by atoms with Crippen LogP contribution in [0.25, 0.3) is 10.9 Å². The average Bonchev–Trinajstić information content (AvgIpc) is 2.78. The van der Waals surface area contributed by atoms with E-state index in [1.54, 1.807) is 0 Å². The summed E-state index contributed by atoms with van der Waals surface area (Å²) in [5.74, 6) is 5.94. The van der Waals surface area contributed by atoms with E-state index < -0.39 is 0 Å².